The fourth-order valence-corrected chi connectivity index (χ4v) is 1.44. The van der Waals surface area contributed by atoms with E-state index < -0.39 is 0 Å². The molecule has 0 unspecified atom stereocenters. The van der Waals surface area contributed by atoms with E-state index in [0.717, 1.165) is 0 Å². The van der Waals surface area contributed by atoms with Crippen LogP contribution in [0.3, 0.4) is 0 Å². The molecule has 7 heteroatoms. The van der Waals surface area contributed by atoms with Crippen molar-refractivity contribution in [2.45, 2.75) is 19.4 Å². The molecule has 0 radical (unpaired) electrons. The Morgan fingerprint density at radius 3 is 2.84 bits per heavy atom. The Hall–Kier alpha value is -1.86. The predicted octanol–water partition coefficient (Wildman–Crippen LogP) is 0.734. The van der Waals surface area contributed by atoms with Crippen LogP contribution in [-0.2, 0) is 0 Å². The van der Waals surface area contributed by atoms with E-state index >= 15 is 0 Å². The first-order chi connectivity index (χ1) is 8.94. The first-order valence-corrected chi connectivity index (χ1v) is 6.04. The van der Waals surface area contributed by atoms with Gasteiger partial charge in [-0.25, -0.2) is 10.8 Å². The van der Waals surface area contributed by atoms with Crippen LogP contribution in [0.1, 0.15) is 13.8 Å². The summed E-state index contributed by atoms with van der Waals surface area (Å²) in [5, 5.41) is 0. The second-order valence-corrected chi connectivity index (χ2v) is 5.23. The van der Waals surface area contributed by atoms with Crippen molar-refractivity contribution >= 4 is 11.5 Å². The van der Waals surface area contributed by atoms with Gasteiger partial charge in [-0.15, -0.1) is 0 Å². The molecule has 0 spiro atoms. The van der Waals surface area contributed by atoms with Crippen LogP contribution in [0, 0.1) is 0 Å². The highest BCUT2D eigenvalue weighted by Gasteiger charge is 2.22. The van der Waals surface area contributed by atoms with Crippen LogP contribution in [0.25, 0.3) is 5.65 Å². The van der Waals surface area contributed by atoms with Crippen molar-refractivity contribution in [3.8, 4) is 5.88 Å². The van der Waals surface area contributed by atoms with Gasteiger partial charge in [0.1, 0.15) is 6.61 Å². The number of nitrogens with two attached hydrogens (primary N) is 1. The highest BCUT2D eigenvalue weighted by molar-refractivity contribution is 5.53. The minimum absolute atomic E-state index is 0.0998. The number of imidazole rings is 1. The Bertz CT molecular complexity index is 562. The number of hydrazine groups is 1. The van der Waals surface area contributed by atoms with Crippen molar-refractivity contribution in [1.29, 1.82) is 0 Å². The highest BCUT2D eigenvalue weighted by atomic mass is 16.5. The molecule has 19 heavy (non-hydrogen) atoms. The number of fused-ring (bicyclic) bond motifs is 1. The molecule has 0 bridgehead atoms. The van der Waals surface area contributed by atoms with E-state index in [4.69, 9.17) is 10.6 Å². The maximum Gasteiger partial charge on any atom is 0.260 e. The van der Waals surface area contributed by atoms with Gasteiger partial charge in [-0.3, -0.25) is 4.40 Å². The molecule has 0 atom stereocenters. The summed E-state index contributed by atoms with van der Waals surface area (Å²) in [6.07, 6.45) is 5.27. The smallest absolute Gasteiger partial charge is 0.260 e. The number of aromatic nitrogens is 3. The summed E-state index contributed by atoms with van der Waals surface area (Å²) >= 11 is 0. The molecule has 0 aliphatic rings. The highest BCUT2D eigenvalue weighted by Crippen LogP contribution is 2.20. The normalized spacial score (nSPS) is 12.1. The quantitative estimate of drug-likeness (QED) is 0.612. The molecule has 7 nitrogen and oxygen atoms in total. The molecule has 2 aromatic heterocycles. The lowest BCUT2D eigenvalue weighted by Gasteiger charge is -2.31. The molecule has 0 amide bonds. The third-order valence-corrected chi connectivity index (χ3v) is 3.26. The Labute approximate surface area is 112 Å². The SMILES string of the molecule is CN(C)C(C)(C)COc1nc(NN)cn2ccnc12. The average Bonchev–Trinajstić information content (AvgIpc) is 2.83. The van der Waals surface area contributed by atoms with Gasteiger partial charge in [0.25, 0.3) is 5.88 Å². The number of nitrogens with one attached hydrogen (secondary N) is 1. The monoisotopic (exact) mass is 264 g/mol. The third-order valence-electron chi connectivity index (χ3n) is 3.26. The lowest BCUT2D eigenvalue weighted by molar-refractivity contribution is 0.112. The maximum atomic E-state index is 5.81. The molecule has 2 heterocycles. The van der Waals surface area contributed by atoms with E-state index in [2.05, 4.69) is 34.1 Å². The van der Waals surface area contributed by atoms with Crippen LogP contribution in [0.5, 0.6) is 5.88 Å². The fraction of sp³-hybridized carbons (Fsp3) is 0.500. The van der Waals surface area contributed by atoms with E-state index in [1.54, 1.807) is 12.4 Å². The van der Waals surface area contributed by atoms with Gasteiger partial charge in [0.05, 0.1) is 6.20 Å². The Morgan fingerprint density at radius 2 is 2.21 bits per heavy atom. The summed E-state index contributed by atoms with van der Waals surface area (Å²) in [6, 6.07) is 0. The van der Waals surface area contributed by atoms with Crippen molar-refractivity contribution in [3.63, 3.8) is 0 Å². The predicted molar refractivity (Wildman–Crippen MR) is 74.1 cm³/mol. The van der Waals surface area contributed by atoms with Crippen LogP contribution in [0.2, 0.25) is 0 Å². The summed E-state index contributed by atoms with van der Waals surface area (Å²) in [5.74, 6) is 6.40. The van der Waals surface area contributed by atoms with Crippen LogP contribution in [0.4, 0.5) is 5.82 Å². The molecule has 0 saturated heterocycles. The lowest BCUT2D eigenvalue weighted by atomic mass is 10.1. The van der Waals surface area contributed by atoms with Gasteiger partial charge in [-0.05, 0) is 27.9 Å². The molecule has 104 valence electrons. The first-order valence-electron chi connectivity index (χ1n) is 6.04. The largest absolute Gasteiger partial charge is 0.473 e. The number of ether oxygens (including phenoxy) is 1. The molecule has 0 fully saturated rings. The van der Waals surface area contributed by atoms with E-state index in [0.29, 0.717) is 24.0 Å². The topological polar surface area (TPSA) is 80.7 Å². The number of likely N-dealkylation sites (N-methyl/N-ethyl adjacent to an activating group) is 1. The maximum absolute atomic E-state index is 5.81. The van der Waals surface area contributed by atoms with E-state index in [-0.39, 0.29) is 5.54 Å². The van der Waals surface area contributed by atoms with Crippen LogP contribution < -0.4 is 16.0 Å². The number of anilines is 1. The number of nitrogen functional groups attached to an aromatic ring is 1. The second kappa shape index (κ2) is 5.02. The van der Waals surface area contributed by atoms with Crippen molar-refractivity contribution in [3.05, 3.63) is 18.6 Å². The minimum atomic E-state index is -0.0998. The van der Waals surface area contributed by atoms with Gasteiger partial charge in [-0.2, -0.15) is 4.98 Å². The first kappa shape index (κ1) is 13.6. The van der Waals surface area contributed by atoms with E-state index in [1.165, 1.54) is 0 Å². The van der Waals surface area contributed by atoms with Crippen molar-refractivity contribution in [2.75, 3.05) is 26.1 Å². The second-order valence-electron chi connectivity index (χ2n) is 5.23. The molecule has 2 aromatic rings. The van der Waals surface area contributed by atoms with Gasteiger partial charge in [0.2, 0.25) is 5.65 Å². The van der Waals surface area contributed by atoms with Crippen LogP contribution >= 0.6 is 0 Å². The van der Waals surface area contributed by atoms with Gasteiger partial charge in [0.15, 0.2) is 5.82 Å². The number of nitrogens with zero attached hydrogens (tertiary/aromatic N) is 4. The summed E-state index contributed by atoms with van der Waals surface area (Å²) in [4.78, 5) is 10.6. The molecule has 2 rings (SSSR count). The number of hydrogen-bond donors (Lipinski definition) is 2. The third kappa shape index (κ3) is 2.77. The number of rotatable bonds is 5. The molecular weight excluding hydrogens is 244 g/mol. The van der Waals surface area contributed by atoms with Gasteiger partial charge < -0.3 is 15.1 Å². The molecule has 3 N–H and O–H groups in total. The molecule has 0 aliphatic carbocycles. The zero-order chi connectivity index (χ0) is 14.0. The summed E-state index contributed by atoms with van der Waals surface area (Å²) in [7, 11) is 4.03. The Balaban J connectivity index is 2.27. The Morgan fingerprint density at radius 1 is 1.47 bits per heavy atom. The van der Waals surface area contributed by atoms with Gasteiger partial charge >= 0.3 is 0 Å². The van der Waals surface area contributed by atoms with E-state index in [1.807, 2.05) is 24.7 Å². The summed E-state index contributed by atoms with van der Waals surface area (Å²) < 4.78 is 7.63. The summed E-state index contributed by atoms with van der Waals surface area (Å²) in [5.41, 5.74) is 3.09. The van der Waals surface area contributed by atoms with E-state index in [9.17, 15) is 0 Å². The van der Waals surface area contributed by atoms with Gasteiger partial charge in [0, 0.05) is 17.9 Å². The minimum Gasteiger partial charge on any atom is -0.473 e. The van der Waals surface area contributed by atoms with Gasteiger partial charge in [-0.1, -0.05) is 0 Å². The molecule has 0 aromatic carbocycles. The van der Waals surface area contributed by atoms with Crippen molar-refractivity contribution in [1.82, 2.24) is 19.3 Å². The zero-order valence-electron chi connectivity index (χ0n) is 11.7. The molecule has 0 saturated carbocycles. The Kier molecular flexibility index (Phi) is 3.59. The van der Waals surface area contributed by atoms with Crippen LogP contribution in [-0.4, -0.2) is 45.5 Å². The molecular formula is C12H20N6O. The lowest BCUT2D eigenvalue weighted by Crippen LogP contribution is -2.43. The average molecular weight is 264 g/mol. The number of hydrogen-bond acceptors (Lipinski definition) is 6. The zero-order valence-corrected chi connectivity index (χ0v) is 11.7. The fourth-order valence-electron chi connectivity index (χ4n) is 1.44. The van der Waals surface area contributed by atoms with Crippen molar-refractivity contribution < 1.29 is 4.74 Å². The molecule has 0 aliphatic heterocycles. The van der Waals surface area contributed by atoms with Crippen molar-refractivity contribution in [2.24, 2.45) is 5.84 Å². The standard InChI is InChI=1S/C12H20N6O/c1-12(2,17(3)4)8-19-11-10-14-5-6-18(10)7-9(15-11)16-13/h5-7,16H,8,13H2,1-4H3. The van der Waals surface area contributed by atoms with Crippen LogP contribution in [0.15, 0.2) is 18.6 Å². The summed E-state index contributed by atoms with van der Waals surface area (Å²) in [6.45, 7) is 4.70.